The molecular formula is C14H18N2O2. The topological polar surface area (TPSA) is 54.3 Å². The number of fused-ring (bicyclic) bond motifs is 1. The molecule has 1 amide bonds. The standard InChI is InChI=1S/C14H18N2O2/c1-3-10(9-17)15-14(18)12-8-16(2)13-7-5-4-6-11(12)13/h4-8,10,17H,3,9H2,1-2H3,(H,15,18)/t10-/m1/s1. The second kappa shape index (κ2) is 5.23. The minimum atomic E-state index is -0.184. The third-order valence-electron chi connectivity index (χ3n) is 3.19. The van der Waals surface area contributed by atoms with Crippen LogP contribution in [0.3, 0.4) is 0 Å². The first-order valence-corrected chi connectivity index (χ1v) is 6.13. The SMILES string of the molecule is CC[C@H](CO)NC(=O)c1cn(C)c2ccccc12. The third-order valence-corrected chi connectivity index (χ3v) is 3.19. The molecule has 4 heteroatoms. The highest BCUT2D eigenvalue weighted by Gasteiger charge is 2.16. The predicted octanol–water partition coefficient (Wildman–Crippen LogP) is 1.68. The van der Waals surface area contributed by atoms with Crippen molar-refractivity contribution in [2.75, 3.05) is 6.61 Å². The fraction of sp³-hybridized carbons (Fsp3) is 0.357. The van der Waals surface area contributed by atoms with Crippen molar-refractivity contribution < 1.29 is 9.90 Å². The van der Waals surface area contributed by atoms with E-state index in [1.807, 2.05) is 49.0 Å². The zero-order valence-electron chi connectivity index (χ0n) is 10.7. The van der Waals surface area contributed by atoms with Gasteiger partial charge in [0.15, 0.2) is 0 Å². The molecule has 2 aromatic rings. The average Bonchev–Trinajstić information content (AvgIpc) is 2.74. The highest BCUT2D eigenvalue weighted by Crippen LogP contribution is 2.20. The van der Waals surface area contributed by atoms with Crippen molar-refractivity contribution in [3.05, 3.63) is 36.0 Å². The van der Waals surface area contributed by atoms with Crippen molar-refractivity contribution in [1.82, 2.24) is 9.88 Å². The third kappa shape index (κ3) is 2.24. The van der Waals surface area contributed by atoms with E-state index in [0.717, 1.165) is 10.9 Å². The van der Waals surface area contributed by atoms with Crippen LogP contribution in [-0.2, 0) is 7.05 Å². The summed E-state index contributed by atoms with van der Waals surface area (Å²) in [6, 6.07) is 7.60. The number of amides is 1. The molecule has 96 valence electrons. The fourth-order valence-electron chi connectivity index (χ4n) is 2.06. The van der Waals surface area contributed by atoms with Gasteiger partial charge in [-0.2, -0.15) is 0 Å². The van der Waals surface area contributed by atoms with Crippen LogP contribution in [0.15, 0.2) is 30.5 Å². The lowest BCUT2D eigenvalue weighted by atomic mass is 10.1. The van der Waals surface area contributed by atoms with Crippen LogP contribution in [0.2, 0.25) is 0 Å². The fourth-order valence-corrected chi connectivity index (χ4v) is 2.06. The summed E-state index contributed by atoms with van der Waals surface area (Å²) in [5.41, 5.74) is 1.68. The number of hydrogen-bond donors (Lipinski definition) is 2. The van der Waals surface area contributed by atoms with Crippen molar-refractivity contribution >= 4 is 16.8 Å². The molecule has 2 rings (SSSR count). The second-order valence-corrected chi connectivity index (χ2v) is 4.43. The molecule has 1 aromatic carbocycles. The largest absolute Gasteiger partial charge is 0.394 e. The lowest BCUT2D eigenvalue weighted by Gasteiger charge is -2.13. The average molecular weight is 246 g/mol. The number of carbonyl (C=O) groups excluding carboxylic acids is 1. The molecule has 0 radical (unpaired) electrons. The summed E-state index contributed by atoms with van der Waals surface area (Å²) < 4.78 is 1.93. The van der Waals surface area contributed by atoms with Crippen LogP contribution in [0.5, 0.6) is 0 Å². The maximum atomic E-state index is 12.2. The van der Waals surface area contributed by atoms with Gasteiger partial charge in [-0.25, -0.2) is 0 Å². The molecule has 4 nitrogen and oxygen atoms in total. The van der Waals surface area contributed by atoms with E-state index < -0.39 is 0 Å². The van der Waals surface area contributed by atoms with Gasteiger partial charge >= 0.3 is 0 Å². The van der Waals surface area contributed by atoms with Crippen molar-refractivity contribution in [3.63, 3.8) is 0 Å². The molecule has 0 saturated heterocycles. The van der Waals surface area contributed by atoms with Crippen molar-refractivity contribution in [3.8, 4) is 0 Å². The highest BCUT2D eigenvalue weighted by atomic mass is 16.3. The van der Waals surface area contributed by atoms with Gasteiger partial charge in [-0.3, -0.25) is 4.79 Å². The molecule has 2 N–H and O–H groups in total. The summed E-state index contributed by atoms with van der Waals surface area (Å²) in [5, 5.41) is 12.9. The number of aryl methyl sites for hydroxylation is 1. The van der Waals surface area contributed by atoms with E-state index >= 15 is 0 Å². The van der Waals surface area contributed by atoms with Crippen LogP contribution in [0.1, 0.15) is 23.7 Å². The molecule has 1 aromatic heterocycles. The molecule has 0 fully saturated rings. The molecule has 0 bridgehead atoms. The van der Waals surface area contributed by atoms with Gasteiger partial charge in [0, 0.05) is 24.1 Å². The maximum absolute atomic E-state index is 12.2. The van der Waals surface area contributed by atoms with E-state index in [9.17, 15) is 4.79 Å². The van der Waals surface area contributed by atoms with Crippen molar-refractivity contribution in [2.24, 2.45) is 7.05 Å². The van der Waals surface area contributed by atoms with Crippen LogP contribution in [-0.4, -0.2) is 28.2 Å². The molecular weight excluding hydrogens is 228 g/mol. The molecule has 18 heavy (non-hydrogen) atoms. The summed E-state index contributed by atoms with van der Waals surface area (Å²) in [5.74, 6) is -0.132. The minimum Gasteiger partial charge on any atom is -0.394 e. The Kier molecular flexibility index (Phi) is 3.67. The Labute approximate surface area is 106 Å². The molecule has 1 heterocycles. The molecule has 0 aliphatic rings. The number of para-hydroxylation sites is 1. The number of nitrogens with one attached hydrogen (secondary N) is 1. The van der Waals surface area contributed by atoms with Gasteiger partial charge < -0.3 is 15.0 Å². The molecule has 0 aliphatic carbocycles. The van der Waals surface area contributed by atoms with Crippen LogP contribution >= 0.6 is 0 Å². The molecule has 0 spiro atoms. The Morgan fingerprint density at radius 1 is 1.44 bits per heavy atom. The summed E-state index contributed by atoms with van der Waals surface area (Å²) in [6.45, 7) is 1.90. The molecule has 0 unspecified atom stereocenters. The maximum Gasteiger partial charge on any atom is 0.253 e. The molecule has 0 saturated carbocycles. The number of aliphatic hydroxyl groups excluding tert-OH is 1. The van der Waals surface area contributed by atoms with Crippen LogP contribution in [0.4, 0.5) is 0 Å². The van der Waals surface area contributed by atoms with Crippen molar-refractivity contribution in [1.29, 1.82) is 0 Å². The number of aliphatic hydroxyl groups is 1. The lowest BCUT2D eigenvalue weighted by Crippen LogP contribution is -2.36. The minimum absolute atomic E-state index is 0.0347. The Hall–Kier alpha value is -1.81. The first-order valence-electron chi connectivity index (χ1n) is 6.13. The Morgan fingerprint density at radius 2 is 2.17 bits per heavy atom. The van der Waals surface area contributed by atoms with Crippen molar-refractivity contribution in [2.45, 2.75) is 19.4 Å². The van der Waals surface area contributed by atoms with E-state index in [-0.39, 0.29) is 18.6 Å². The van der Waals surface area contributed by atoms with Gasteiger partial charge in [-0.15, -0.1) is 0 Å². The monoisotopic (exact) mass is 246 g/mol. The van der Waals surface area contributed by atoms with E-state index in [1.54, 1.807) is 0 Å². The second-order valence-electron chi connectivity index (χ2n) is 4.43. The lowest BCUT2D eigenvalue weighted by molar-refractivity contribution is 0.0916. The summed E-state index contributed by atoms with van der Waals surface area (Å²) >= 11 is 0. The summed E-state index contributed by atoms with van der Waals surface area (Å²) in [7, 11) is 1.92. The smallest absolute Gasteiger partial charge is 0.253 e. The van der Waals surface area contributed by atoms with Gasteiger partial charge in [0.2, 0.25) is 0 Å². The van der Waals surface area contributed by atoms with E-state index in [2.05, 4.69) is 5.32 Å². The zero-order valence-corrected chi connectivity index (χ0v) is 10.7. The summed E-state index contributed by atoms with van der Waals surface area (Å²) in [4.78, 5) is 12.2. The number of hydrogen-bond acceptors (Lipinski definition) is 2. The van der Waals surface area contributed by atoms with E-state index in [0.29, 0.717) is 12.0 Å². The highest BCUT2D eigenvalue weighted by molar-refractivity contribution is 6.07. The molecule has 0 aliphatic heterocycles. The predicted molar refractivity (Wildman–Crippen MR) is 71.6 cm³/mol. The Balaban J connectivity index is 2.33. The van der Waals surface area contributed by atoms with Gasteiger partial charge in [0.1, 0.15) is 0 Å². The normalized spacial score (nSPS) is 12.6. The van der Waals surface area contributed by atoms with E-state index in [1.165, 1.54) is 0 Å². The number of nitrogens with zero attached hydrogens (tertiary/aromatic N) is 1. The van der Waals surface area contributed by atoms with E-state index in [4.69, 9.17) is 5.11 Å². The number of aromatic nitrogens is 1. The summed E-state index contributed by atoms with van der Waals surface area (Å²) in [6.07, 6.45) is 2.54. The van der Waals surface area contributed by atoms with Gasteiger partial charge in [-0.1, -0.05) is 25.1 Å². The zero-order chi connectivity index (χ0) is 13.1. The van der Waals surface area contributed by atoms with Crippen LogP contribution < -0.4 is 5.32 Å². The quantitative estimate of drug-likeness (QED) is 0.862. The van der Waals surface area contributed by atoms with Gasteiger partial charge in [0.25, 0.3) is 5.91 Å². The van der Waals surface area contributed by atoms with Crippen LogP contribution in [0.25, 0.3) is 10.9 Å². The number of rotatable bonds is 4. The van der Waals surface area contributed by atoms with Crippen LogP contribution in [0, 0.1) is 0 Å². The first kappa shape index (κ1) is 12.6. The Bertz CT molecular complexity index is 556. The number of carbonyl (C=O) groups is 1. The van der Waals surface area contributed by atoms with Gasteiger partial charge in [-0.05, 0) is 12.5 Å². The van der Waals surface area contributed by atoms with Gasteiger partial charge in [0.05, 0.1) is 18.2 Å². The molecule has 1 atom stereocenters. The first-order chi connectivity index (χ1) is 8.67. The number of benzene rings is 1. The Morgan fingerprint density at radius 3 is 2.83 bits per heavy atom.